The van der Waals surface area contributed by atoms with Gasteiger partial charge in [0.05, 0.1) is 11.9 Å². The average Bonchev–Trinajstić information content (AvgIpc) is 3.07. The Morgan fingerprint density at radius 1 is 1.27 bits per heavy atom. The van der Waals surface area contributed by atoms with E-state index < -0.39 is 0 Å². The fourth-order valence-corrected chi connectivity index (χ4v) is 2.75. The molecule has 1 heterocycles. The molecular weight excluding hydrogens is 333 g/mol. The Bertz CT molecular complexity index is 891. The zero-order chi connectivity index (χ0) is 18.5. The first-order chi connectivity index (χ1) is 12.6. The minimum absolute atomic E-state index is 0.216. The normalized spacial score (nSPS) is 12.0. The minimum Gasteiger partial charge on any atom is -0.348 e. The summed E-state index contributed by atoms with van der Waals surface area (Å²) in [6.45, 7) is 0.265. The molecule has 0 unspecified atom stereocenters. The monoisotopic (exact) mass is 353 g/mol. The van der Waals surface area contributed by atoms with Crippen molar-refractivity contribution in [2.45, 2.75) is 12.5 Å². The van der Waals surface area contributed by atoms with Crippen molar-refractivity contribution in [3.63, 3.8) is 0 Å². The molecule has 0 radical (unpaired) electrons. The Hall–Kier alpha value is -3.06. The highest BCUT2D eigenvalue weighted by atomic mass is 19.1. The number of aryl methyl sites for hydroxylation is 1. The summed E-state index contributed by atoms with van der Waals surface area (Å²) in [5.41, 5.74) is 8.87. The summed E-state index contributed by atoms with van der Waals surface area (Å²) in [6.07, 6.45) is 2.14. The molecule has 7 heteroatoms. The van der Waals surface area contributed by atoms with Crippen LogP contribution in [0.15, 0.2) is 54.7 Å². The summed E-state index contributed by atoms with van der Waals surface area (Å²) >= 11 is 0. The van der Waals surface area contributed by atoms with Gasteiger partial charge in [0.15, 0.2) is 0 Å². The van der Waals surface area contributed by atoms with Crippen LogP contribution >= 0.6 is 0 Å². The van der Waals surface area contributed by atoms with Crippen molar-refractivity contribution in [1.82, 2.24) is 20.3 Å². The van der Waals surface area contributed by atoms with Crippen LogP contribution in [-0.4, -0.2) is 33.5 Å². The Morgan fingerprint density at radius 2 is 2.04 bits per heavy atom. The molecule has 0 spiro atoms. The number of amides is 1. The van der Waals surface area contributed by atoms with E-state index >= 15 is 0 Å². The van der Waals surface area contributed by atoms with Crippen molar-refractivity contribution in [3.8, 4) is 11.3 Å². The lowest BCUT2D eigenvalue weighted by molar-refractivity contribution is 0.0938. The summed E-state index contributed by atoms with van der Waals surface area (Å²) in [4.78, 5) is 12.5. The van der Waals surface area contributed by atoms with Crippen LogP contribution in [0, 0.1) is 5.82 Å². The van der Waals surface area contributed by atoms with Gasteiger partial charge in [0, 0.05) is 30.8 Å². The zero-order valence-electron chi connectivity index (χ0n) is 14.4. The summed E-state index contributed by atoms with van der Waals surface area (Å²) in [5, 5.41) is 10.6. The minimum atomic E-state index is -0.301. The van der Waals surface area contributed by atoms with Gasteiger partial charge in [-0.25, -0.2) is 9.07 Å². The second kappa shape index (κ2) is 7.88. The van der Waals surface area contributed by atoms with Gasteiger partial charge in [-0.3, -0.25) is 4.79 Å². The molecule has 0 aliphatic carbocycles. The molecule has 1 amide bonds. The highest BCUT2D eigenvalue weighted by Crippen LogP contribution is 2.17. The Morgan fingerprint density at radius 3 is 2.65 bits per heavy atom. The molecule has 6 nitrogen and oxygen atoms in total. The molecule has 0 saturated heterocycles. The van der Waals surface area contributed by atoms with Crippen molar-refractivity contribution >= 4 is 5.91 Å². The summed E-state index contributed by atoms with van der Waals surface area (Å²) < 4.78 is 15.0. The molecule has 134 valence electrons. The van der Waals surface area contributed by atoms with Crippen molar-refractivity contribution in [3.05, 3.63) is 71.7 Å². The van der Waals surface area contributed by atoms with Gasteiger partial charge in [-0.1, -0.05) is 29.5 Å². The van der Waals surface area contributed by atoms with E-state index in [9.17, 15) is 9.18 Å². The smallest absolute Gasteiger partial charge is 0.251 e. The third-order valence-electron chi connectivity index (χ3n) is 4.15. The molecular formula is C19H20FN5O. The molecule has 2 aromatic carbocycles. The molecule has 3 N–H and O–H groups in total. The Balaban J connectivity index is 1.67. The molecule has 0 fully saturated rings. The van der Waals surface area contributed by atoms with Crippen LogP contribution in [0.5, 0.6) is 0 Å². The Labute approximate surface area is 150 Å². The van der Waals surface area contributed by atoms with Gasteiger partial charge < -0.3 is 11.1 Å². The molecule has 0 bridgehead atoms. The Kier molecular flexibility index (Phi) is 5.38. The van der Waals surface area contributed by atoms with E-state index in [0.29, 0.717) is 12.0 Å². The maximum Gasteiger partial charge on any atom is 0.251 e. The fourth-order valence-electron chi connectivity index (χ4n) is 2.75. The highest BCUT2D eigenvalue weighted by molar-refractivity contribution is 5.94. The number of rotatable bonds is 6. The first-order valence-electron chi connectivity index (χ1n) is 8.27. The predicted octanol–water partition coefficient (Wildman–Crippen LogP) is 1.92. The van der Waals surface area contributed by atoms with Gasteiger partial charge in [0.25, 0.3) is 5.91 Å². The molecule has 0 aliphatic heterocycles. The topological polar surface area (TPSA) is 85.8 Å². The first kappa shape index (κ1) is 17.8. The van der Waals surface area contributed by atoms with Crippen molar-refractivity contribution in [2.75, 3.05) is 6.54 Å². The maximum absolute atomic E-state index is 13.3. The third-order valence-corrected chi connectivity index (χ3v) is 4.15. The maximum atomic E-state index is 13.3. The lowest BCUT2D eigenvalue weighted by atomic mass is 10.0. The van der Waals surface area contributed by atoms with Crippen LogP contribution in [0.4, 0.5) is 4.39 Å². The van der Waals surface area contributed by atoms with Crippen LogP contribution in [0.3, 0.4) is 0 Å². The number of nitrogens with one attached hydrogen (secondary N) is 1. The summed E-state index contributed by atoms with van der Waals surface area (Å²) in [6, 6.07) is 13.2. The highest BCUT2D eigenvalue weighted by Gasteiger charge is 2.14. The molecule has 0 saturated carbocycles. The van der Waals surface area contributed by atoms with Gasteiger partial charge in [-0.15, -0.1) is 5.10 Å². The standard InChI is InChI=1S/C19H20FN5O/c1-25-18(12-22-24-25)14-5-7-15(8-6-14)19(26)23-17(11-21)10-13-3-2-4-16(20)9-13/h2-9,12,17H,10-11,21H2,1H3,(H,23,26)/t17-/m1/s1. The number of aromatic nitrogens is 3. The van der Waals surface area contributed by atoms with Gasteiger partial charge in [-0.05, 0) is 36.2 Å². The van der Waals surface area contributed by atoms with Crippen molar-refractivity contribution in [1.29, 1.82) is 0 Å². The molecule has 3 aromatic rings. The molecule has 0 aliphatic rings. The van der Waals surface area contributed by atoms with Gasteiger partial charge in [-0.2, -0.15) is 0 Å². The quantitative estimate of drug-likeness (QED) is 0.709. The van der Waals surface area contributed by atoms with E-state index in [1.807, 2.05) is 18.2 Å². The number of hydrogen-bond donors (Lipinski definition) is 2. The number of nitrogens with zero attached hydrogens (tertiary/aromatic N) is 3. The number of hydrogen-bond acceptors (Lipinski definition) is 4. The van der Waals surface area contributed by atoms with Gasteiger partial charge in [0.1, 0.15) is 5.82 Å². The van der Waals surface area contributed by atoms with Gasteiger partial charge >= 0.3 is 0 Å². The lowest BCUT2D eigenvalue weighted by Gasteiger charge is -2.17. The SMILES string of the molecule is Cn1nncc1-c1ccc(C(=O)N[C@@H](CN)Cc2cccc(F)c2)cc1. The van der Waals surface area contributed by atoms with E-state index in [1.165, 1.54) is 12.1 Å². The van der Waals surface area contributed by atoms with Crippen LogP contribution in [0.1, 0.15) is 15.9 Å². The number of benzene rings is 2. The van der Waals surface area contributed by atoms with Crippen LogP contribution in [-0.2, 0) is 13.5 Å². The van der Waals surface area contributed by atoms with Crippen LogP contribution in [0.2, 0.25) is 0 Å². The number of carbonyl (C=O) groups is 1. The number of carbonyl (C=O) groups excluding carboxylic acids is 1. The van der Waals surface area contributed by atoms with Crippen LogP contribution < -0.4 is 11.1 Å². The number of nitrogens with two attached hydrogens (primary N) is 1. The summed E-state index contributed by atoms with van der Waals surface area (Å²) in [5.74, 6) is -0.517. The van der Waals surface area contributed by atoms with E-state index in [4.69, 9.17) is 5.73 Å². The van der Waals surface area contributed by atoms with E-state index in [1.54, 1.807) is 36.1 Å². The first-order valence-corrected chi connectivity index (χ1v) is 8.27. The van der Waals surface area contributed by atoms with E-state index in [2.05, 4.69) is 15.6 Å². The zero-order valence-corrected chi connectivity index (χ0v) is 14.4. The molecule has 3 rings (SSSR count). The largest absolute Gasteiger partial charge is 0.348 e. The third kappa shape index (κ3) is 4.12. The second-order valence-electron chi connectivity index (χ2n) is 6.06. The van der Waals surface area contributed by atoms with Crippen molar-refractivity contribution < 1.29 is 9.18 Å². The molecule has 1 atom stereocenters. The molecule has 1 aromatic heterocycles. The van der Waals surface area contributed by atoms with E-state index in [-0.39, 0.29) is 24.3 Å². The number of halogens is 1. The predicted molar refractivity (Wildman–Crippen MR) is 96.9 cm³/mol. The lowest BCUT2D eigenvalue weighted by Crippen LogP contribution is -2.41. The fraction of sp³-hybridized carbons (Fsp3) is 0.211. The second-order valence-corrected chi connectivity index (χ2v) is 6.06. The van der Waals surface area contributed by atoms with Gasteiger partial charge in [0.2, 0.25) is 0 Å². The van der Waals surface area contributed by atoms with E-state index in [0.717, 1.165) is 16.8 Å². The van der Waals surface area contributed by atoms with Crippen LogP contribution in [0.25, 0.3) is 11.3 Å². The average molecular weight is 353 g/mol. The molecule has 26 heavy (non-hydrogen) atoms. The van der Waals surface area contributed by atoms with Crippen molar-refractivity contribution in [2.24, 2.45) is 12.8 Å². The summed E-state index contributed by atoms with van der Waals surface area (Å²) in [7, 11) is 1.81.